The Morgan fingerprint density at radius 3 is 2.68 bits per heavy atom. The maximum Gasteiger partial charge on any atom is 0.228 e. The molecule has 1 unspecified atom stereocenters. The highest BCUT2D eigenvalue weighted by Crippen LogP contribution is 2.27. The molecule has 0 bridgehead atoms. The summed E-state index contributed by atoms with van der Waals surface area (Å²) in [6, 6.07) is 1.88. The fourth-order valence-electron chi connectivity index (χ4n) is 3.68. The van der Waals surface area contributed by atoms with E-state index in [9.17, 15) is 13.2 Å². The molecule has 2 saturated heterocycles. The van der Waals surface area contributed by atoms with Crippen LogP contribution in [0.1, 0.15) is 19.3 Å². The number of hydrogen-bond donors (Lipinski definition) is 0. The molecule has 2 aliphatic rings. The molecule has 0 aliphatic carbocycles. The van der Waals surface area contributed by atoms with E-state index in [1.54, 1.807) is 19.4 Å². The molecule has 0 spiro atoms. The van der Waals surface area contributed by atoms with Gasteiger partial charge in [-0.15, -0.1) is 0 Å². The summed E-state index contributed by atoms with van der Waals surface area (Å²) in [5, 5.41) is 0. The molecule has 0 radical (unpaired) electrons. The van der Waals surface area contributed by atoms with Gasteiger partial charge in [-0.05, 0) is 18.8 Å². The number of aromatic nitrogens is 2. The van der Waals surface area contributed by atoms with Gasteiger partial charge in [0, 0.05) is 50.6 Å². The highest BCUT2D eigenvalue weighted by atomic mass is 32.2. The number of carbonyl (C=O) groups is 1. The number of rotatable bonds is 5. The van der Waals surface area contributed by atoms with Gasteiger partial charge in [-0.2, -0.15) is 4.98 Å². The Morgan fingerprint density at radius 1 is 1.32 bits per heavy atom. The van der Waals surface area contributed by atoms with Gasteiger partial charge in [-0.25, -0.2) is 13.4 Å². The van der Waals surface area contributed by atoms with E-state index in [1.807, 2.05) is 4.90 Å². The van der Waals surface area contributed by atoms with Crippen molar-refractivity contribution in [2.75, 3.05) is 43.7 Å². The van der Waals surface area contributed by atoms with E-state index in [-0.39, 0.29) is 23.6 Å². The van der Waals surface area contributed by atoms with Gasteiger partial charge in [0.05, 0.1) is 12.9 Å². The Morgan fingerprint density at radius 2 is 2.04 bits per heavy atom. The van der Waals surface area contributed by atoms with Crippen molar-refractivity contribution in [1.29, 1.82) is 0 Å². The van der Waals surface area contributed by atoms with Crippen LogP contribution < -0.4 is 9.64 Å². The zero-order chi connectivity index (χ0) is 18.0. The van der Waals surface area contributed by atoms with Crippen LogP contribution in [0.25, 0.3) is 0 Å². The summed E-state index contributed by atoms with van der Waals surface area (Å²) in [4.78, 5) is 24.9. The molecule has 1 amide bonds. The van der Waals surface area contributed by atoms with Crippen LogP contribution in [0, 0.1) is 5.92 Å². The molecule has 138 valence electrons. The summed E-state index contributed by atoms with van der Waals surface area (Å²) in [6.07, 6.45) is 4.90. The fraction of sp³-hybridized carbons (Fsp3) is 0.688. The minimum absolute atomic E-state index is 0.0738. The summed E-state index contributed by atoms with van der Waals surface area (Å²) < 4.78 is 28.1. The second-order valence-electron chi connectivity index (χ2n) is 6.83. The standard InChI is InChI=1S/C16H24N4O4S/c1-24-14-3-6-17-16(18-14)19-7-4-13(5-8-19)20-10-12(9-15(20)21)11-25(2,22)23/h3,6,12-13H,4-5,7-11H2,1-2H3. The van der Waals surface area contributed by atoms with Crippen LogP contribution in [-0.2, 0) is 14.6 Å². The number of carbonyl (C=O) groups excluding carboxylic acids is 1. The lowest BCUT2D eigenvalue weighted by Crippen LogP contribution is -2.46. The van der Waals surface area contributed by atoms with Gasteiger partial charge in [0.1, 0.15) is 9.84 Å². The maximum atomic E-state index is 12.3. The minimum Gasteiger partial charge on any atom is -0.481 e. The van der Waals surface area contributed by atoms with Gasteiger partial charge in [-0.3, -0.25) is 4.79 Å². The quantitative estimate of drug-likeness (QED) is 0.740. The van der Waals surface area contributed by atoms with E-state index < -0.39 is 9.84 Å². The minimum atomic E-state index is -3.05. The van der Waals surface area contributed by atoms with Crippen molar-refractivity contribution >= 4 is 21.7 Å². The Kier molecular flexibility index (Phi) is 5.12. The van der Waals surface area contributed by atoms with Crippen LogP contribution in [0.15, 0.2) is 12.3 Å². The molecule has 3 heterocycles. The van der Waals surface area contributed by atoms with Crippen molar-refractivity contribution in [3.8, 4) is 5.88 Å². The summed E-state index contributed by atoms with van der Waals surface area (Å²) in [7, 11) is -1.48. The van der Waals surface area contributed by atoms with E-state index in [0.717, 1.165) is 25.9 Å². The first-order valence-corrected chi connectivity index (χ1v) is 10.5. The van der Waals surface area contributed by atoms with Gasteiger partial charge in [0.25, 0.3) is 0 Å². The van der Waals surface area contributed by atoms with Crippen molar-refractivity contribution in [2.45, 2.75) is 25.3 Å². The number of ether oxygens (including phenoxy) is 1. The van der Waals surface area contributed by atoms with Gasteiger partial charge in [0.2, 0.25) is 17.7 Å². The molecule has 2 aliphatic heterocycles. The maximum absolute atomic E-state index is 12.3. The van der Waals surface area contributed by atoms with E-state index in [0.29, 0.717) is 24.8 Å². The van der Waals surface area contributed by atoms with Crippen molar-refractivity contribution < 1.29 is 17.9 Å². The Labute approximate surface area is 148 Å². The highest BCUT2D eigenvalue weighted by Gasteiger charge is 2.37. The number of likely N-dealkylation sites (tertiary alicyclic amines) is 1. The number of piperidine rings is 1. The third-order valence-electron chi connectivity index (χ3n) is 4.79. The highest BCUT2D eigenvalue weighted by molar-refractivity contribution is 7.90. The number of hydrogen-bond acceptors (Lipinski definition) is 7. The zero-order valence-electron chi connectivity index (χ0n) is 14.6. The molecule has 9 heteroatoms. The smallest absolute Gasteiger partial charge is 0.228 e. The number of nitrogens with zero attached hydrogens (tertiary/aromatic N) is 4. The lowest BCUT2D eigenvalue weighted by Gasteiger charge is -2.36. The molecule has 2 fully saturated rings. The number of amides is 1. The van der Waals surface area contributed by atoms with Gasteiger partial charge >= 0.3 is 0 Å². The third-order valence-corrected chi connectivity index (χ3v) is 5.87. The van der Waals surface area contributed by atoms with Crippen LogP contribution >= 0.6 is 0 Å². The molecule has 1 atom stereocenters. The summed E-state index contributed by atoms with van der Waals surface area (Å²) in [5.74, 6) is 1.25. The average Bonchev–Trinajstić information content (AvgIpc) is 2.93. The molecule has 1 aromatic heterocycles. The van der Waals surface area contributed by atoms with Crippen molar-refractivity contribution in [3.63, 3.8) is 0 Å². The van der Waals surface area contributed by atoms with E-state index in [2.05, 4.69) is 14.9 Å². The van der Waals surface area contributed by atoms with Crippen LogP contribution in [0.4, 0.5) is 5.95 Å². The monoisotopic (exact) mass is 368 g/mol. The van der Waals surface area contributed by atoms with Crippen LogP contribution in [0.2, 0.25) is 0 Å². The first-order valence-electron chi connectivity index (χ1n) is 8.45. The third kappa shape index (κ3) is 4.39. The van der Waals surface area contributed by atoms with Crippen LogP contribution in [0.3, 0.4) is 0 Å². The normalized spacial score (nSPS) is 22.5. The van der Waals surface area contributed by atoms with Gasteiger partial charge < -0.3 is 14.5 Å². The fourth-order valence-corrected chi connectivity index (χ4v) is 4.76. The molecule has 0 saturated carbocycles. The number of anilines is 1. The van der Waals surface area contributed by atoms with Crippen molar-refractivity contribution in [2.24, 2.45) is 5.92 Å². The summed E-state index contributed by atoms with van der Waals surface area (Å²) in [6.45, 7) is 2.07. The predicted octanol–water partition coefficient (Wildman–Crippen LogP) is 0.347. The van der Waals surface area contributed by atoms with E-state index in [1.165, 1.54) is 6.26 Å². The Balaban J connectivity index is 1.58. The van der Waals surface area contributed by atoms with E-state index in [4.69, 9.17) is 4.74 Å². The Bertz CT molecular complexity index is 731. The molecule has 1 aromatic rings. The first-order chi connectivity index (χ1) is 11.9. The van der Waals surface area contributed by atoms with Gasteiger partial charge in [0.15, 0.2) is 0 Å². The molecule has 0 aromatic carbocycles. The molecule has 25 heavy (non-hydrogen) atoms. The summed E-state index contributed by atoms with van der Waals surface area (Å²) >= 11 is 0. The topological polar surface area (TPSA) is 92.7 Å². The number of sulfone groups is 1. The zero-order valence-corrected chi connectivity index (χ0v) is 15.4. The molecular formula is C16H24N4O4S. The predicted molar refractivity (Wildman–Crippen MR) is 93.3 cm³/mol. The molecular weight excluding hydrogens is 344 g/mol. The van der Waals surface area contributed by atoms with Crippen LogP contribution in [-0.4, -0.2) is 74.0 Å². The molecule has 0 N–H and O–H groups in total. The van der Waals surface area contributed by atoms with Crippen LogP contribution in [0.5, 0.6) is 5.88 Å². The largest absolute Gasteiger partial charge is 0.481 e. The van der Waals surface area contributed by atoms with Crippen molar-refractivity contribution in [3.05, 3.63) is 12.3 Å². The molecule has 3 rings (SSSR count). The lowest BCUT2D eigenvalue weighted by molar-refractivity contribution is -0.130. The first kappa shape index (κ1) is 17.9. The van der Waals surface area contributed by atoms with Gasteiger partial charge in [-0.1, -0.05) is 0 Å². The summed E-state index contributed by atoms with van der Waals surface area (Å²) in [5.41, 5.74) is 0. The number of methoxy groups -OCH3 is 1. The SMILES string of the molecule is COc1ccnc(N2CCC(N3CC(CS(C)(=O)=O)CC3=O)CC2)n1. The lowest BCUT2D eigenvalue weighted by atomic mass is 10.0. The van der Waals surface area contributed by atoms with Crippen molar-refractivity contribution in [1.82, 2.24) is 14.9 Å². The Hall–Kier alpha value is -1.90. The molecule has 8 nitrogen and oxygen atoms in total. The second kappa shape index (κ2) is 7.15. The average molecular weight is 368 g/mol. The second-order valence-corrected chi connectivity index (χ2v) is 9.01. The van der Waals surface area contributed by atoms with E-state index >= 15 is 0 Å².